The minimum atomic E-state index is -0.739. The number of benzene rings is 2. The van der Waals surface area contributed by atoms with Gasteiger partial charge in [-0.2, -0.15) is 0 Å². The fourth-order valence-corrected chi connectivity index (χ4v) is 4.17. The van der Waals surface area contributed by atoms with E-state index < -0.39 is 29.4 Å². The molecule has 0 aliphatic carbocycles. The van der Waals surface area contributed by atoms with Gasteiger partial charge in [0.1, 0.15) is 17.7 Å². The van der Waals surface area contributed by atoms with Crippen LogP contribution in [-0.2, 0) is 9.53 Å². The first-order chi connectivity index (χ1) is 15.4. The second-order valence-electron chi connectivity index (χ2n) is 8.13. The molecule has 2 aliphatic heterocycles. The van der Waals surface area contributed by atoms with Crippen molar-refractivity contribution in [2.45, 2.75) is 31.8 Å². The molecule has 6 nitrogen and oxygen atoms in total. The number of amides is 2. The first kappa shape index (κ1) is 22.1. The summed E-state index contributed by atoms with van der Waals surface area (Å²) in [5.41, 5.74) is 0.698. The zero-order valence-corrected chi connectivity index (χ0v) is 17.5. The number of halogens is 2. The molecule has 0 saturated carbocycles. The summed E-state index contributed by atoms with van der Waals surface area (Å²) in [6, 6.07) is 9.55. The summed E-state index contributed by atoms with van der Waals surface area (Å²) in [5.74, 6) is -2.73. The predicted molar refractivity (Wildman–Crippen MR) is 113 cm³/mol. The minimum Gasteiger partial charge on any atom is -0.368 e. The van der Waals surface area contributed by atoms with E-state index in [1.807, 2.05) is 0 Å². The van der Waals surface area contributed by atoms with Crippen molar-refractivity contribution < 1.29 is 27.9 Å². The molecule has 1 unspecified atom stereocenters. The van der Waals surface area contributed by atoms with Gasteiger partial charge in [-0.25, -0.2) is 8.78 Å². The number of piperidine rings is 1. The van der Waals surface area contributed by atoms with Crippen LogP contribution < -0.4 is 5.32 Å². The average Bonchev–Trinajstić information content (AvgIpc) is 3.35. The minimum absolute atomic E-state index is 0.207. The number of hydrogen-bond donors (Lipinski definition) is 1. The molecule has 168 valence electrons. The Balaban J connectivity index is 1.36. The van der Waals surface area contributed by atoms with Gasteiger partial charge < -0.3 is 15.0 Å². The Hall–Kier alpha value is -3.13. The lowest BCUT2D eigenvalue weighted by molar-refractivity contribution is -0.124. The SMILES string of the molecule is O=C(c1cc(F)ccc1F)C1CCN(C(=O)c2cccc(NC(=O)C3CCCO3)c2)CC1. The maximum Gasteiger partial charge on any atom is 0.253 e. The number of nitrogens with one attached hydrogen (secondary N) is 1. The lowest BCUT2D eigenvalue weighted by Gasteiger charge is -2.31. The summed E-state index contributed by atoms with van der Waals surface area (Å²) < 4.78 is 32.7. The molecular weight excluding hydrogens is 418 g/mol. The quantitative estimate of drug-likeness (QED) is 0.715. The molecule has 2 amide bonds. The standard InChI is InChI=1S/C24H24F2N2O4/c25-17-6-7-20(26)19(14-17)22(29)15-8-10-28(11-9-15)24(31)16-3-1-4-18(13-16)27-23(30)21-5-2-12-32-21/h1,3-4,6-7,13-15,21H,2,5,8-12H2,(H,27,30). The molecular formula is C24H24F2N2O4. The fourth-order valence-electron chi connectivity index (χ4n) is 4.17. The van der Waals surface area contributed by atoms with Crippen LogP contribution in [-0.4, -0.2) is 48.3 Å². The molecule has 0 radical (unpaired) electrons. The van der Waals surface area contributed by atoms with Gasteiger partial charge in [0.15, 0.2) is 5.78 Å². The number of hydrogen-bond acceptors (Lipinski definition) is 4. The van der Waals surface area contributed by atoms with Crippen molar-refractivity contribution in [3.05, 3.63) is 65.2 Å². The van der Waals surface area contributed by atoms with E-state index in [2.05, 4.69) is 5.32 Å². The maximum atomic E-state index is 13.9. The van der Waals surface area contributed by atoms with Gasteiger partial charge in [-0.1, -0.05) is 6.07 Å². The third-order valence-electron chi connectivity index (χ3n) is 5.95. The molecule has 8 heteroatoms. The molecule has 1 N–H and O–H groups in total. The number of Topliss-reactive ketones (excluding diaryl/α,β-unsaturated/α-hetero) is 1. The Labute approximate surface area is 184 Å². The van der Waals surface area contributed by atoms with Crippen LogP contribution in [0.3, 0.4) is 0 Å². The average molecular weight is 442 g/mol. The van der Waals surface area contributed by atoms with E-state index in [0.717, 1.165) is 24.6 Å². The molecule has 32 heavy (non-hydrogen) atoms. The van der Waals surface area contributed by atoms with Crippen LogP contribution in [0.2, 0.25) is 0 Å². The van der Waals surface area contributed by atoms with Crippen molar-refractivity contribution in [3.8, 4) is 0 Å². The van der Waals surface area contributed by atoms with Crippen molar-refractivity contribution in [2.75, 3.05) is 25.0 Å². The van der Waals surface area contributed by atoms with Gasteiger partial charge in [-0.15, -0.1) is 0 Å². The summed E-state index contributed by atoms with van der Waals surface area (Å²) in [7, 11) is 0. The molecule has 4 rings (SSSR count). The van der Waals surface area contributed by atoms with Gasteiger partial charge in [0.25, 0.3) is 11.8 Å². The Morgan fingerprint density at radius 1 is 1.00 bits per heavy atom. The molecule has 0 spiro atoms. The third-order valence-corrected chi connectivity index (χ3v) is 5.95. The van der Waals surface area contributed by atoms with E-state index in [4.69, 9.17) is 4.74 Å². The number of ether oxygens (including phenoxy) is 1. The highest BCUT2D eigenvalue weighted by Crippen LogP contribution is 2.25. The number of carbonyl (C=O) groups is 3. The zero-order chi connectivity index (χ0) is 22.7. The van der Waals surface area contributed by atoms with E-state index >= 15 is 0 Å². The summed E-state index contributed by atoms with van der Waals surface area (Å²) in [4.78, 5) is 39.4. The third kappa shape index (κ3) is 4.85. The maximum absolute atomic E-state index is 13.9. The number of likely N-dealkylation sites (tertiary alicyclic amines) is 1. The molecule has 1 atom stereocenters. The number of anilines is 1. The molecule has 0 bridgehead atoms. The summed E-state index contributed by atoms with van der Waals surface area (Å²) in [5, 5.41) is 2.79. The number of rotatable bonds is 5. The second kappa shape index (κ2) is 9.56. The first-order valence-electron chi connectivity index (χ1n) is 10.7. The Morgan fingerprint density at radius 2 is 1.78 bits per heavy atom. The molecule has 2 aromatic rings. The van der Waals surface area contributed by atoms with E-state index in [9.17, 15) is 23.2 Å². The van der Waals surface area contributed by atoms with E-state index in [0.29, 0.717) is 50.2 Å². The van der Waals surface area contributed by atoms with Gasteiger partial charge in [0, 0.05) is 36.9 Å². The van der Waals surface area contributed by atoms with Gasteiger partial charge in [0.2, 0.25) is 0 Å². The molecule has 2 aromatic carbocycles. The van der Waals surface area contributed by atoms with Crippen LogP contribution in [0, 0.1) is 17.6 Å². The van der Waals surface area contributed by atoms with Gasteiger partial charge in [-0.3, -0.25) is 14.4 Å². The summed E-state index contributed by atoms with van der Waals surface area (Å²) in [6.07, 6.45) is 1.80. The van der Waals surface area contributed by atoms with Gasteiger partial charge in [0.05, 0.1) is 5.56 Å². The lowest BCUT2D eigenvalue weighted by atomic mass is 9.88. The number of carbonyl (C=O) groups excluding carboxylic acids is 3. The monoisotopic (exact) mass is 442 g/mol. The van der Waals surface area contributed by atoms with Crippen molar-refractivity contribution in [1.29, 1.82) is 0 Å². The van der Waals surface area contributed by atoms with Crippen LogP contribution in [0.15, 0.2) is 42.5 Å². The summed E-state index contributed by atoms with van der Waals surface area (Å²) in [6.45, 7) is 1.23. The van der Waals surface area contributed by atoms with Gasteiger partial charge in [-0.05, 0) is 62.1 Å². The largest absolute Gasteiger partial charge is 0.368 e. The van der Waals surface area contributed by atoms with Crippen molar-refractivity contribution in [1.82, 2.24) is 4.90 Å². The first-order valence-corrected chi connectivity index (χ1v) is 10.7. The van der Waals surface area contributed by atoms with Crippen LogP contribution in [0.1, 0.15) is 46.4 Å². The van der Waals surface area contributed by atoms with Crippen molar-refractivity contribution in [3.63, 3.8) is 0 Å². The predicted octanol–water partition coefficient (Wildman–Crippen LogP) is 3.82. The molecule has 0 aromatic heterocycles. The van der Waals surface area contributed by atoms with Crippen LogP contribution in [0.25, 0.3) is 0 Å². The van der Waals surface area contributed by atoms with Crippen molar-refractivity contribution >= 4 is 23.3 Å². The molecule has 2 saturated heterocycles. The molecule has 2 heterocycles. The molecule has 2 aliphatic rings. The zero-order valence-electron chi connectivity index (χ0n) is 17.5. The topological polar surface area (TPSA) is 75.7 Å². The van der Waals surface area contributed by atoms with E-state index in [1.54, 1.807) is 29.2 Å². The van der Waals surface area contributed by atoms with E-state index in [-0.39, 0.29) is 17.4 Å². The van der Waals surface area contributed by atoms with Crippen LogP contribution in [0.5, 0.6) is 0 Å². The molecule has 2 fully saturated rings. The Kier molecular flexibility index (Phi) is 6.60. The van der Waals surface area contributed by atoms with Gasteiger partial charge >= 0.3 is 0 Å². The van der Waals surface area contributed by atoms with Crippen LogP contribution in [0.4, 0.5) is 14.5 Å². The Bertz CT molecular complexity index is 1030. The van der Waals surface area contributed by atoms with E-state index in [1.165, 1.54) is 0 Å². The normalized spacial score (nSPS) is 19.1. The lowest BCUT2D eigenvalue weighted by Crippen LogP contribution is -2.40. The van der Waals surface area contributed by atoms with Crippen molar-refractivity contribution in [2.24, 2.45) is 5.92 Å². The number of ketones is 1. The highest BCUT2D eigenvalue weighted by atomic mass is 19.1. The Morgan fingerprint density at radius 3 is 2.50 bits per heavy atom. The van der Waals surface area contributed by atoms with Crippen LogP contribution >= 0.6 is 0 Å². The summed E-state index contributed by atoms with van der Waals surface area (Å²) >= 11 is 0. The number of nitrogens with zero attached hydrogens (tertiary/aromatic N) is 1. The smallest absolute Gasteiger partial charge is 0.253 e. The second-order valence-corrected chi connectivity index (χ2v) is 8.13. The fraction of sp³-hybridized carbons (Fsp3) is 0.375. The highest BCUT2D eigenvalue weighted by molar-refractivity contribution is 6.00. The highest BCUT2D eigenvalue weighted by Gasteiger charge is 2.30.